The Morgan fingerprint density at radius 1 is 1.16 bits per heavy atom. The van der Waals surface area contributed by atoms with E-state index in [0.29, 0.717) is 0 Å². The summed E-state index contributed by atoms with van der Waals surface area (Å²) >= 11 is 0. The lowest BCUT2D eigenvalue weighted by Crippen LogP contribution is -2.46. The fourth-order valence-corrected chi connectivity index (χ4v) is 3.04. The number of hydrogen-bond acceptors (Lipinski definition) is 2. The smallest absolute Gasteiger partial charge is 0.317 e. The number of carbonyl (C=O) groups excluding carboxylic acids is 1. The highest BCUT2D eigenvalue weighted by molar-refractivity contribution is 5.75. The maximum atomic E-state index is 12.5. The molecule has 132 valence electrons. The molecule has 0 aromatic heterocycles. The molecule has 2 aromatic rings. The molecule has 2 N–H and O–H groups in total. The Labute approximate surface area is 149 Å². The Bertz CT molecular complexity index is 708. The van der Waals surface area contributed by atoms with Crippen molar-refractivity contribution < 1.29 is 9.90 Å². The highest BCUT2D eigenvalue weighted by atomic mass is 16.3. The first-order valence-electron chi connectivity index (χ1n) is 8.79. The second-order valence-corrected chi connectivity index (χ2v) is 7.18. The summed E-state index contributed by atoms with van der Waals surface area (Å²) in [6, 6.07) is 17.8. The average Bonchev–Trinajstić information content (AvgIpc) is 3.36. The van der Waals surface area contributed by atoms with Gasteiger partial charge in [0.05, 0.1) is 12.6 Å². The van der Waals surface area contributed by atoms with Crippen LogP contribution in [0.2, 0.25) is 0 Å². The Balaban J connectivity index is 1.55. The molecule has 4 nitrogen and oxygen atoms in total. The fraction of sp³-hybridized carbons (Fsp3) is 0.381. The van der Waals surface area contributed by atoms with Gasteiger partial charge in [-0.1, -0.05) is 60.2 Å². The van der Waals surface area contributed by atoms with Gasteiger partial charge in [0.25, 0.3) is 0 Å². The third-order valence-electron chi connectivity index (χ3n) is 4.87. The third kappa shape index (κ3) is 4.60. The van der Waals surface area contributed by atoms with Gasteiger partial charge >= 0.3 is 6.03 Å². The molecule has 0 saturated heterocycles. The molecule has 1 saturated carbocycles. The number of likely N-dealkylation sites (N-methyl/N-ethyl adjacent to an activating group) is 1. The number of rotatable bonds is 6. The van der Waals surface area contributed by atoms with E-state index in [1.165, 1.54) is 11.1 Å². The molecule has 0 bridgehead atoms. The van der Waals surface area contributed by atoms with Crippen LogP contribution in [0.5, 0.6) is 0 Å². The van der Waals surface area contributed by atoms with Crippen LogP contribution in [-0.2, 0) is 6.42 Å². The number of nitrogens with one attached hydrogen (secondary N) is 1. The van der Waals surface area contributed by atoms with Gasteiger partial charge in [-0.25, -0.2) is 4.79 Å². The summed E-state index contributed by atoms with van der Waals surface area (Å²) < 4.78 is 0. The van der Waals surface area contributed by atoms with Crippen LogP contribution < -0.4 is 5.32 Å². The molecule has 1 aliphatic rings. The third-order valence-corrected chi connectivity index (χ3v) is 4.87. The number of benzene rings is 2. The van der Waals surface area contributed by atoms with Gasteiger partial charge in [0.15, 0.2) is 0 Å². The number of urea groups is 1. The molecular formula is C21H26N2O2. The number of amides is 2. The molecule has 1 fully saturated rings. The van der Waals surface area contributed by atoms with Crippen molar-refractivity contribution in [2.45, 2.75) is 37.8 Å². The van der Waals surface area contributed by atoms with Gasteiger partial charge in [-0.2, -0.15) is 0 Å². The minimum absolute atomic E-state index is 0.125. The molecule has 3 rings (SSSR count). The molecule has 1 atom stereocenters. The first-order chi connectivity index (χ1) is 12.0. The zero-order valence-corrected chi connectivity index (χ0v) is 14.9. The number of hydrogen-bond donors (Lipinski definition) is 2. The van der Waals surface area contributed by atoms with Gasteiger partial charge in [0.1, 0.15) is 0 Å². The molecule has 25 heavy (non-hydrogen) atoms. The van der Waals surface area contributed by atoms with Crippen molar-refractivity contribution >= 4 is 6.03 Å². The largest absolute Gasteiger partial charge is 0.387 e. The Morgan fingerprint density at radius 2 is 1.80 bits per heavy atom. The molecule has 0 radical (unpaired) electrons. The molecular weight excluding hydrogens is 312 g/mol. The first-order valence-corrected chi connectivity index (χ1v) is 8.79. The van der Waals surface area contributed by atoms with Crippen LogP contribution in [0.1, 0.15) is 35.6 Å². The van der Waals surface area contributed by atoms with Crippen molar-refractivity contribution in [3.63, 3.8) is 0 Å². The van der Waals surface area contributed by atoms with Crippen molar-refractivity contribution in [1.82, 2.24) is 10.2 Å². The molecule has 0 heterocycles. The summed E-state index contributed by atoms with van der Waals surface area (Å²) in [7, 11) is 1.73. The van der Waals surface area contributed by atoms with E-state index < -0.39 is 6.10 Å². The number of carbonyl (C=O) groups is 1. The van der Waals surface area contributed by atoms with Crippen LogP contribution in [-0.4, -0.2) is 35.2 Å². The zero-order chi connectivity index (χ0) is 17.9. The van der Waals surface area contributed by atoms with Gasteiger partial charge in [-0.15, -0.1) is 0 Å². The maximum Gasteiger partial charge on any atom is 0.317 e. The van der Waals surface area contributed by atoms with E-state index >= 15 is 0 Å². The summed E-state index contributed by atoms with van der Waals surface area (Å²) in [6.45, 7) is 2.35. The van der Waals surface area contributed by atoms with Crippen LogP contribution in [0.4, 0.5) is 4.79 Å². The highest BCUT2D eigenvalue weighted by Gasteiger charge is 2.44. The van der Waals surface area contributed by atoms with E-state index in [4.69, 9.17) is 0 Å². The summed E-state index contributed by atoms with van der Waals surface area (Å²) in [5.74, 6) is 0. The maximum absolute atomic E-state index is 12.5. The lowest BCUT2D eigenvalue weighted by atomic mass is 10.0. The molecule has 4 heteroatoms. The monoisotopic (exact) mass is 338 g/mol. The summed E-state index contributed by atoms with van der Waals surface area (Å²) in [5, 5.41) is 13.5. The lowest BCUT2D eigenvalue weighted by Gasteiger charge is -2.25. The number of aliphatic hydroxyl groups excluding tert-OH is 1. The second-order valence-electron chi connectivity index (χ2n) is 7.18. The minimum atomic E-state index is -0.677. The van der Waals surface area contributed by atoms with Crippen LogP contribution in [0.3, 0.4) is 0 Å². The van der Waals surface area contributed by atoms with Crippen LogP contribution >= 0.6 is 0 Å². The van der Waals surface area contributed by atoms with Crippen molar-refractivity contribution in [3.05, 3.63) is 71.3 Å². The van der Waals surface area contributed by atoms with E-state index in [1.807, 2.05) is 30.3 Å². The van der Waals surface area contributed by atoms with Gasteiger partial charge in [-0.05, 0) is 37.3 Å². The van der Waals surface area contributed by atoms with Crippen LogP contribution in [0.15, 0.2) is 54.6 Å². The van der Waals surface area contributed by atoms with Crippen molar-refractivity contribution in [1.29, 1.82) is 0 Å². The first kappa shape index (κ1) is 17.5. The molecule has 2 aromatic carbocycles. The zero-order valence-electron chi connectivity index (χ0n) is 14.9. The van der Waals surface area contributed by atoms with E-state index in [2.05, 4.69) is 36.5 Å². The number of nitrogens with zero attached hydrogens (tertiary/aromatic N) is 1. The van der Waals surface area contributed by atoms with Crippen molar-refractivity contribution in [2.24, 2.45) is 0 Å². The SMILES string of the molecule is Cc1ccc(CC2(NC(=O)N(C)C[C@@H](O)c3ccccc3)CC2)cc1. The van der Waals surface area contributed by atoms with E-state index in [-0.39, 0.29) is 18.1 Å². The molecule has 0 spiro atoms. The highest BCUT2D eigenvalue weighted by Crippen LogP contribution is 2.38. The summed E-state index contributed by atoms with van der Waals surface area (Å²) in [5.41, 5.74) is 3.18. The second kappa shape index (κ2) is 7.28. The Kier molecular flexibility index (Phi) is 5.09. The van der Waals surface area contributed by atoms with Crippen molar-refractivity contribution in [2.75, 3.05) is 13.6 Å². The predicted octanol–water partition coefficient (Wildman–Crippen LogP) is 3.45. The minimum Gasteiger partial charge on any atom is -0.387 e. The quantitative estimate of drug-likeness (QED) is 0.848. The van der Waals surface area contributed by atoms with Crippen LogP contribution in [0.25, 0.3) is 0 Å². The van der Waals surface area contributed by atoms with E-state index in [1.54, 1.807) is 11.9 Å². The molecule has 0 aliphatic heterocycles. The van der Waals surface area contributed by atoms with Crippen molar-refractivity contribution in [3.8, 4) is 0 Å². The average molecular weight is 338 g/mol. The molecule has 1 aliphatic carbocycles. The van der Waals surface area contributed by atoms with Gasteiger partial charge in [0.2, 0.25) is 0 Å². The predicted molar refractivity (Wildman–Crippen MR) is 99.4 cm³/mol. The fourth-order valence-electron chi connectivity index (χ4n) is 3.04. The standard InChI is InChI=1S/C21H26N2O2/c1-16-8-10-17(11-9-16)14-21(12-13-21)22-20(25)23(2)15-19(24)18-6-4-3-5-7-18/h3-11,19,24H,12-15H2,1-2H3,(H,22,25)/t19-/m1/s1. The number of aryl methyl sites for hydroxylation is 1. The van der Waals surface area contributed by atoms with E-state index in [0.717, 1.165) is 24.8 Å². The Hall–Kier alpha value is -2.33. The Morgan fingerprint density at radius 3 is 2.40 bits per heavy atom. The molecule has 2 amide bonds. The van der Waals surface area contributed by atoms with Crippen LogP contribution in [0, 0.1) is 6.92 Å². The number of aliphatic hydroxyl groups is 1. The normalized spacial score (nSPS) is 16.1. The summed E-state index contributed by atoms with van der Waals surface area (Å²) in [6.07, 6.45) is 2.18. The van der Waals surface area contributed by atoms with Gasteiger partial charge in [-0.3, -0.25) is 0 Å². The van der Waals surface area contributed by atoms with E-state index in [9.17, 15) is 9.90 Å². The topological polar surface area (TPSA) is 52.6 Å². The summed E-state index contributed by atoms with van der Waals surface area (Å²) in [4.78, 5) is 14.1. The lowest BCUT2D eigenvalue weighted by molar-refractivity contribution is 0.130. The van der Waals surface area contributed by atoms with Gasteiger partial charge < -0.3 is 15.3 Å². The van der Waals surface area contributed by atoms with Gasteiger partial charge in [0, 0.05) is 12.6 Å². The molecule has 0 unspecified atom stereocenters.